The Bertz CT molecular complexity index is 547. The van der Waals surface area contributed by atoms with Crippen LogP contribution in [0, 0.1) is 0 Å². The highest BCUT2D eigenvalue weighted by atomic mass is 32.1. The normalized spacial score (nSPS) is 16.3. The Morgan fingerprint density at radius 3 is 2.90 bits per heavy atom. The van der Waals surface area contributed by atoms with Gasteiger partial charge in [0, 0.05) is 42.3 Å². The van der Waals surface area contributed by atoms with Crippen LogP contribution in [0.25, 0.3) is 0 Å². The molecule has 21 heavy (non-hydrogen) atoms. The van der Waals surface area contributed by atoms with Crippen molar-refractivity contribution in [3.05, 3.63) is 40.5 Å². The average molecular weight is 302 g/mol. The number of nitrogens with zero attached hydrogens (tertiary/aromatic N) is 3. The van der Waals surface area contributed by atoms with Gasteiger partial charge in [0.2, 0.25) is 0 Å². The summed E-state index contributed by atoms with van der Waals surface area (Å²) in [7, 11) is 0. The molecule has 3 heterocycles. The summed E-state index contributed by atoms with van der Waals surface area (Å²) in [6.07, 6.45) is 5.01. The fraction of sp³-hybridized carbons (Fsp3) is 0.500. The van der Waals surface area contributed by atoms with E-state index in [4.69, 9.17) is 0 Å². The number of nitrogens with one attached hydrogen (secondary N) is 1. The average Bonchev–Trinajstić information content (AvgIpc) is 3.07. The van der Waals surface area contributed by atoms with Crippen molar-refractivity contribution in [3.63, 3.8) is 0 Å². The van der Waals surface area contributed by atoms with E-state index >= 15 is 0 Å². The van der Waals surface area contributed by atoms with Gasteiger partial charge in [-0.15, -0.1) is 11.3 Å². The van der Waals surface area contributed by atoms with Gasteiger partial charge in [0.15, 0.2) is 0 Å². The zero-order valence-electron chi connectivity index (χ0n) is 12.5. The molecule has 2 aromatic rings. The highest BCUT2D eigenvalue weighted by Crippen LogP contribution is 2.19. The largest absolute Gasteiger partial charge is 0.356 e. The van der Waals surface area contributed by atoms with Crippen molar-refractivity contribution in [3.8, 4) is 0 Å². The second-order valence-electron chi connectivity index (χ2n) is 5.44. The molecule has 5 heteroatoms. The molecule has 0 aromatic carbocycles. The number of hydrogen-bond donors (Lipinski definition) is 1. The predicted molar refractivity (Wildman–Crippen MR) is 87.8 cm³/mol. The molecule has 1 aliphatic rings. The minimum Gasteiger partial charge on any atom is -0.356 e. The zero-order chi connectivity index (χ0) is 14.5. The molecule has 0 spiro atoms. The Balaban J connectivity index is 1.50. The Morgan fingerprint density at radius 2 is 2.19 bits per heavy atom. The molecule has 0 bridgehead atoms. The highest BCUT2D eigenvalue weighted by molar-refractivity contribution is 7.09. The van der Waals surface area contributed by atoms with Crippen molar-refractivity contribution < 1.29 is 0 Å². The van der Waals surface area contributed by atoms with Crippen LogP contribution in [0.3, 0.4) is 0 Å². The number of piperidine rings is 1. The molecule has 4 nitrogen and oxygen atoms in total. The van der Waals surface area contributed by atoms with Gasteiger partial charge >= 0.3 is 0 Å². The molecule has 1 N–H and O–H groups in total. The van der Waals surface area contributed by atoms with Gasteiger partial charge < -0.3 is 10.2 Å². The van der Waals surface area contributed by atoms with E-state index in [0.717, 1.165) is 37.6 Å². The SMILES string of the molecule is CCc1cc(N2CCC(NCc3cccs3)CC2)ncn1. The predicted octanol–water partition coefficient (Wildman–Crippen LogP) is 2.86. The fourth-order valence-corrected chi connectivity index (χ4v) is 3.38. The van der Waals surface area contributed by atoms with E-state index in [1.807, 2.05) is 11.3 Å². The number of anilines is 1. The van der Waals surface area contributed by atoms with Crippen LogP contribution in [-0.2, 0) is 13.0 Å². The summed E-state index contributed by atoms with van der Waals surface area (Å²) < 4.78 is 0. The van der Waals surface area contributed by atoms with E-state index in [2.05, 4.69) is 50.7 Å². The van der Waals surface area contributed by atoms with E-state index in [0.29, 0.717) is 6.04 Å². The Morgan fingerprint density at radius 1 is 1.33 bits per heavy atom. The third kappa shape index (κ3) is 3.80. The first-order valence-corrected chi connectivity index (χ1v) is 8.54. The Labute approximate surface area is 130 Å². The summed E-state index contributed by atoms with van der Waals surface area (Å²) in [5.41, 5.74) is 1.12. The lowest BCUT2D eigenvalue weighted by Gasteiger charge is -2.33. The van der Waals surface area contributed by atoms with Gasteiger partial charge in [-0.05, 0) is 30.7 Å². The summed E-state index contributed by atoms with van der Waals surface area (Å²) in [5, 5.41) is 5.81. The van der Waals surface area contributed by atoms with Gasteiger partial charge in [-0.2, -0.15) is 0 Å². The second kappa shape index (κ2) is 7.00. The summed E-state index contributed by atoms with van der Waals surface area (Å²) >= 11 is 1.82. The minimum absolute atomic E-state index is 0.621. The molecule has 0 amide bonds. The smallest absolute Gasteiger partial charge is 0.132 e. The van der Waals surface area contributed by atoms with Crippen molar-refractivity contribution in [1.29, 1.82) is 0 Å². The minimum atomic E-state index is 0.621. The van der Waals surface area contributed by atoms with E-state index < -0.39 is 0 Å². The summed E-state index contributed by atoms with van der Waals surface area (Å²) in [6, 6.07) is 7.06. The number of aromatic nitrogens is 2. The first-order valence-electron chi connectivity index (χ1n) is 7.67. The summed E-state index contributed by atoms with van der Waals surface area (Å²) in [6.45, 7) is 5.27. The second-order valence-corrected chi connectivity index (χ2v) is 6.47. The van der Waals surface area contributed by atoms with Crippen molar-refractivity contribution in [2.45, 2.75) is 38.8 Å². The van der Waals surface area contributed by atoms with E-state index in [-0.39, 0.29) is 0 Å². The molecule has 2 aromatic heterocycles. The monoisotopic (exact) mass is 302 g/mol. The Kier molecular flexibility index (Phi) is 4.83. The first-order chi connectivity index (χ1) is 10.3. The van der Waals surface area contributed by atoms with Gasteiger partial charge in [0.05, 0.1) is 0 Å². The summed E-state index contributed by atoms with van der Waals surface area (Å²) in [4.78, 5) is 12.5. The van der Waals surface area contributed by atoms with Crippen molar-refractivity contribution in [2.75, 3.05) is 18.0 Å². The molecule has 0 atom stereocenters. The molecule has 0 unspecified atom stereocenters. The van der Waals surface area contributed by atoms with Crippen LogP contribution in [0.15, 0.2) is 29.9 Å². The fourth-order valence-electron chi connectivity index (χ4n) is 2.72. The molecule has 3 rings (SSSR count). The number of hydrogen-bond acceptors (Lipinski definition) is 5. The van der Waals surface area contributed by atoms with Gasteiger partial charge in [-0.25, -0.2) is 9.97 Å². The number of rotatable bonds is 5. The zero-order valence-corrected chi connectivity index (χ0v) is 13.3. The molecule has 0 aliphatic carbocycles. The molecule has 0 saturated carbocycles. The standard InChI is InChI=1S/C16H22N4S/c1-2-13-10-16(19-12-18-13)20-7-5-14(6-8-20)17-11-15-4-3-9-21-15/h3-4,9-10,12,14,17H,2,5-8,11H2,1H3. The molecular formula is C16H22N4S. The van der Waals surface area contributed by atoms with Gasteiger partial charge in [0.25, 0.3) is 0 Å². The van der Waals surface area contributed by atoms with Crippen LogP contribution in [-0.4, -0.2) is 29.1 Å². The third-order valence-electron chi connectivity index (χ3n) is 4.04. The molecular weight excluding hydrogens is 280 g/mol. The van der Waals surface area contributed by atoms with Crippen LogP contribution in [0.1, 0.15) is 30.3 Å². The number of aryl methyl sites for hydroxylation is 1. The van der Waals surface area contributed by atoms with Crippen LogP contribution in [0.2, 0.25) is 0 Å². The highest BCUT2D eigenvalue weighted by Gasteiger charge is 2.20. The molecule has 1 saturated heterocycles. The maximum atomic E-state index is 4.42. The first kappa shape index (κ1) is 14.5. The topological polar surface area (TPSA) is 41.0 Å². The summed E-state index contributed by atoms with van der Waals surface area (Å²) in [5.74, 6) is 1.08. The van der Waals surface area contributed by atoms with E-state index in [1.54, 1.807) is 6.33 Å². The lowest BCUT2D eigenvalue weighted by Crippen LogP contribution is -2.42. The van der Waals surface area contributed by atoms with Crippen LogP contribution < -0.4 is 10.2 Å². The maximum absolute atomic E-state index is 4.42. The van der Waals surface area contributed by atoms with Crippen LogP contribution in [0.5, 0.6) is 0 Å². The molecule has 112 valence electrons. The molecule has 1 fully saturated rings. The van der Waals surface area contributed by atoms with Crippen molar-refractivity contribution in [1.82, 2.24) is 15.3 Å². The van der Waals surface area contributed by atoms with E-state index in [1.165, 1.54) is 17.7 Å². The Hall–Kier alpha value is -1.46. The van der Waals surface area contributed by atoms with Gasteiger partial charge in [-0.3, -0.25) is 0 Å². The van der Waals surface area contributed by atoms with Crippen LogP contribution in [0.4, 0.5) is 5.82 Å². The quantitative estimate of drug-likeness (QED) is 0.922. The lowest BCUT2D eigenvalue weighted by atomic mass is 10.0. The lowest BCUT2D eigenvalue weighted by molar-refractivity contribution is 0.414. The number of thiophene rings is 1. The van der Waals surface area contributed by atoms with Crippen molar-refractivity contribution >= 4 is 17.2 Å². The third-order valence-corrected chi connectivity index (χ3v) is 4.91. The molecule has 0 radical (unpaired) electrons. The van der Waals surface area contributed by atoms with Gasteiger partial charge in [-0.1, -0.05) is 13.0 Å². The van der Waals surface area contributed by atoms with Crippen LogP contribution >= 0.6 is 11.3 Å². The van der Waals surface area contributed by atoms with Gasteiger partial charge in [0.1, 0.15) is 12.1 Å². The van der Waals surface area contributed by atoms with E-state index in [9.17, 15) is 0 Å². The maximum Gasteiger partial charge on any atom is 0.132 e. The van der Waals surface area contributed by atoms with Crippen molar-refractivity contribution in [2.24, 2.45) is 0 Å². The molecule has 1 aliphatic heterocycles.